The van der Waals surface area contributed by atoms with Crippen LogP contribution in [0.2, 0.25) is 0 Å². The molecule has 5 heteroatoms. The van der Waals surface area contributed by atoms with Crippen LogP contribution in [0, 0.1) is 6.92 Å². The molecule has 5 nitrogen and oxygen atoms in total. The Balaban J connectivity index is 2.09. The predicted molar refractivity (Wildman–Crippen MR) is 86.6 cm³/mol. The van der Waals surface area contributed by atoms with Gasteiger partial charge in [0.2, 0.25) is 11.8 Å². The number of carbonyl (C=O) groups excluding carboxylic acids is 2. The minimum Gasteiger partial charge on any atom is -0.352 e. The van der Waals surface area contributed by atoms with Crippen LogP contribution >= 0.6 is 0 Å². The second-order valence-corrected chi connectivity index (χ2v) is 5.74. The summed E-state index contributed by atoms with van der Waals surface area (Å²) in [6.45, 7) is 5.96. The number of hydrazone groups is 1. The van der Waals surface area contributed by atoms with Gasteiger partial charge in [0.15, 0.2) is 0 Å². The van der Waals surface area contributed by atoms with Crippen LogP contribution in [0.15, 0.2) is 29.4 Å². The molecule has 22 heavy (non-hydrogen) atoms. The fourth-order valence-electron chi connectivity index (χ4n) is 2.24. The van der Waals surface area contributed by atoms with Gasteiger partial charge in [-0.1, -0.05) is 36.8 Å². The van der Waals surface area contributed by atoms with Gasteiger partial charge in [-0.05, 0) is 25.8 Å². The van der Waals surface area contributed by atoms with Crippen molar-refractivity contribution < 1.29 is 9.59 Å². The smallest absolute Gasteiger partial charge is 0.243 e. The highest BCUT2D eigenvalue weighted by molar-refractivity contribution is 6.04. The third-order valence-corrected chi connectivity index (χ3v) is 3.80. The molecule has 1 aliphatic heterocycles. The quantitative estimate of drug-likeness (QED) is 0.906. The molecule has 2 rings (SSSR count). The van der Waals surface area contributed by atoms with Crippen LogP contribution in [0.25, 0.3) is 0 Å². The van der Waals surface area contributed by atoms with Gasteiger partial charge in [0.25, 0.3) is 0 Å². The van der Waals surface area contributed by atoms with Crippen LogP contribution in [0.1, 0.15) is 44.2 Å². The Morgan fingerprint density at radius 2 is 2.00 bits per heavy atom. The van der Waals surface area contributed by atoms with Gasteiger partial charge in [0.05, 0.1) is 5.71 Å². The topological polar surface area (TPSA) is 61.8 Å². The van der Waals surface area contributed by atoms with E-state index in [-0.39, 0.29) is 24.4 Å². The first-order valence-electron chi connectivity index (χ1n) is 7.74. The summed E-state index contributed by atoms with van der Waals surface area (Å²) >= 11 is 0. The second-order valence-electron chi connectivity index (χ2n) is 5.74. The maximum absolute atomic E-state index is 12.0. The van der Waals surface area contributed by atoms with Crippen LogP contribution in [0.4, 0.5) is 0 Å². The van der Waals surface area contributed by atoms with Crippen LogP contribution in [0.3, 0.4) is 0 Å². The summed E-state index contributed by atoms with van der Waals surface area (Å²) in [4.78, 5) is 23.9. The number of hydrogen-bond donors (Lipinski definition) is 1. The Morgan fingerprint density at radius 1 is 1.32 bits per heavy atom. The van der Waals surface area contributed by atoms with Gasteiger partial charge in [-0.25, -0.2) is 5.01 Å². The average Bonchev–Trinajstić information content (AvgIpc) is 2.50. The molecule has 0 aliphatic carbocycles. The molecule has 0 unspecified atom stereocenters. The molecule has 2 amide bonds. The number of nitrogens with zero attached hydrogens (tertiary/aromatic N) is 2. The molecule has 0 aromatic heterocycles. The first-order valence-corrected chi connectivity index (χ1v) is 7.74. The van der Waals surface area contributed by atoms with E-state index in [0.717, 1.165) is 17.7 Å². The Morgan fingerprint density at radius 3 is 2.64 bits per heavy atom. The van der Waals surface area contributed by atoms with Crippen molar-refractivity contribution in [2.45, 2.75) is 46.1 Å². The number of rotatable bonds is 5. The lowest BCUT2D eigenvalue weighted by molar-refractivity contribution is -0.136. The van der Waals surface area contributed by atoms with E-state index in [1.165, 1.54) is 10.6 Å². The van der Waals surface area contributed by atoms with E-state index in [4.69, 9.17) is 0 Å². The fraction of sp³-hybridized carbons (Fsp3) is 0.471. The molecule has 0 spiro atoms. The van der Waals surface area contributed by atoms with E-state index >= 15 is 0 Å². The number of carbonyl (C=O) groups is 2. The molecule has 1 atom stereocenters. The second kappa shape index (κ2) is 7.20. The van der Waals surface area contributed by atoms with Crippen molar-refractivity contribution in [3.8, 4) is 0 Å². The summed E-state index contributed by atoms with van der Waals surface area (Å²) in [6.07, 6.45) is 1.87. The number of hydrogen-bond acceptors (Lipinski definition) is 3. The highest BCUT2D eigenvalue weighted by Crippen LogP contribution is 2.15. The van der Waals surface area contributed by atoms with Gasteiger partial charge < -0.3 is 5.32 Å². The zero-order chi connectivity index (χ0) is 16.1. The monoisotopic (exact) mass is 301 g/mol. The maximum Gasteiger partial charge on any atom is 0.243 e. The minimum atomic E-state index is -0.170. The molecule has 1 heterocycles. The SMILES string of the molecule is CC[C@@H](C)NC(=O)CN1N=C(c2ccc(C)cc2)CCC1=O. The Kier molecular flexibility index (Phi) is 5.31. The Labute approximate surface area is 131 Å². The Bertz CT molecular complexity index is 578. The van der Waals surface area contributed by atoms with Crippen molar-refractivity contribution in [3.05, 3.63) is 35.4 Å². The van der Waals surface area contributed by atoms with Gasteiger partial charge in [-0.15, -0.1) is 0 Å². The lowest BCUT2D eigenvalue weighted by Crippen LogP contribution is -2.42. The van der Waals surface area contributed by atoms with Gasteiger partial charge in [-0.3, -0.25) is 9.59 Å². The molecule has 118 valence electrons. The number of nitrogens with one attached hydrogen (secondary N) is 1. The highest BCUT2D eigenvalue weighted by atomic mass is 16.2. The lowest BCUT2D eigenvalue weighted by Gasteiger charge is -2.24. The van der Waals surface area contributed by atoms with Crippen molar-refractivity contribution >= 4 is 17.5 Å². The number of amides is 2. The van der Waals surface area contributed by atoms with Crippen molar-refractivity contribution in [2.75, 3.05) is 6.54 Å². The summed E-state index contributed by atoms with van der Waals surface area (Å²) in [5.74, 6) is -0.272. The molecule has 0 radical (unpaired) electrons. The molecule has 1 N–H and O–H groups in total. The molecule has 0 saturated heterocycles. The molecule has 1 aliphatic rings. The van der Waals surface area contributed by atoms with Gasteiger partial charge >= 0.3 is 0 Å². The van der Waals surface area contributed by atoms with E-state index < -0.39 is 0 Å². The number of benzene rings is 1. The molecular weight excluding hydrogens is 278 g/mol. The summed E-state index contributed by atoms with van der Waals surface area (Å²) < 4.78 is 0. The van der Waals surface area contributed by atoms with Crippen LogP contribution in [-0.2, 0) is 9.59 Å². The van der Waals surface area contributed by atoms with Gasteiger partial charge in [0, 0.05) is 18.9 Å². The zero-order valence-corrected chi connectivity index (χ0v) is 13.4. The molecular formula is C17H23N3O2. The van der Waals surface area contributed by atoms with Crippen LogP contribution < -0.4 is 5.32 Å². The fourth-order valence-corrected chi connectivity index (χ4v) is 2.24. The first-order chi connectivity index (χ1) is 10.5. The normalized spacial score (nSPS) is 16.2. The van der Waals surface area contributed by atoms with E-state index in [9.17, 15) is 9.59 Å². The largest absolute Gasteiger partial charge is 0.352 e. The maximum atomic E-state index is 12.0. The van der Waals surface area contributed by atoms with Crippen molar-refractivity contribution in [3.63, 3.8) is 0 Å². The van der Waals surface area contributed by atoms with Crippen LogP contribution in [-0.4, -0.2) is 35.1 Å². The van der Waals surface area contributed by atoms with Crippen molar-refractivity contribution in [2.24, 2.45) is 5.10 Å². The zero-order valence-electron chi connectivity index (χ0n) is 13.4. The molecule has 0 bridgehead atoms. The minimum absolute atomic E-state index is 0.0153. The Hall–Kier alpha value is -2.17. The van der Waals surface area contributed by atoms with Crippen molar-refractivity contribution in [1.29, 1.82) is 0 Å². The van der Waals surface area contributed by atoms with Crippen LogP contribution in [0.5, 0.6) is 0 Å². The molecule has 0 fully saturated rings. The van der Waals surface area contributed by atoms with Gasteiger partial charge in [-0.2, -0.15) is 5.10 Å². The van der Waals surface area contributed by atoms with Crippen molar-refractivity contribution in [1.82, 2.24) is 10.3 Å². The summed E-state index contributed by atoms with van der Waals surface area (Å²) in [5.41, 5.74) is 3.04. The third-order valence-electron chi connectivity index (χ3n) is 3.80. The summed E-state index contributed by atoms with van der Waals surface area (Å²) in [7, 11) is 0. The summed E-state index contributed by atoms with van der Waals surface area (Å²) in [6, 6.07) is 8.15. The third kappa shape index (κ3) is 4.16. The first kappa shape index (κ1) is 16.2. The lowest BCUT2D eigenvalue weighted by atomic mass is 10.0. The predicted octanol–water partition coefficient (Wildman–Crippen LogP) is 2.24. The van der Waals surface area contributed by atoms with E-state index in [2.05, 4.69) is 10.4 Å². The molecule has 1 aromatic rings. The number of aryl methyl sites for hydroxylation is 1. The molecule has 0 saturated carbocycles. The van der Waals surface area contributed by atoms with E-state index in [1.54, 1.807) is 0 Å². The van der Waals surface area contributed by atoms with Gasteiger partial charge in [0.1, 0.15) is 6.54 Å². The molecule has 1 aromatic carbocycles. The van der Waals surface area contributed by atoms with E-state index in [0.29, 0.717) is 12.8 Å². The summed E-state index contributed by atoms with van der Waals surface area (Å²) in [5, 5.41) is 8.52. The standard InChI is InChI=1S/C17H23N3O2/c1-4-13(3)18-16(21)11-20-17(22)10-9-15(19-20)14-7-5-12(2)6-8-14/h5-8,13H,4,9-11H2,1-3H3,(H,18,21)/t13-/m1/s1. The highest BCUT2D eigenvalue weighted by Gasteiger charge is 2.23. The van der Waals surface area contributed by atoms with E-state index in [1.807, 2.05) is 45.0 Å². The average molecular weight is 301 g/mol.